The molecule has 0 fully saturated rings. The largest absolute Gasteiger partial charge is 0.446 e. The van der Waals surface area contributed by atoms with Gasteiger partial charge in [0.1, 0.15) is 11.3 Å². The van der Waals surface area contributed by atoms with Gasteiger partial charge in [-0.15, -0.1) is 5.10 Å². The Hall–Kier alpha value is -3.76. The summed E-state index contributed by atoms with van der Waals surface area (Å²) in [6.07, 6.45) is 0.0660. The van der Waals surface area contributed by atoms with Gasteiger partial charge in [0.25, 0.3) is 5.56 Å². The highest BCUT2D eigenvalue weighted by Gasteiger charge is 2.35. The summed E-state index contributed by atoms with van der Waals surface area (Å²) in [5.74, 6) is -0.155. The predicted octanol–water partition coefficient (Wildman–Crippen LogP) is 2.77. The monoisotopic (exact) mass is 414 g/mol. The molecule has 0 saturated heterocycles. The van der Waals surface area contributed by atoms with Crippen molar-refractivity contribution in [1.29, 1.82) is 0 Å². The number of imide groups is 1. The van der Waals surface area contributed by atoms with Gasteiger partial charge >= 0.3 is 12.2 Å². The number of pyridine rings is 1. The van der Waals surface area contributed by atoms with Crippen LogP contribution in [-0.2, 0) is 9.47 Å². The van der Waals surface area contributed by atoms with Gasteiger partial charge in [0.2, 0.25) is 5.82 Å². The van der Waals surface area contributed by atoms with Gasteiger partial charge in [-0.1, -0.05) is 6.07 Å². The summed E-state index contributed by atoms with van der Waals surface area (Å²) in [4.78, 5) is 49.1. The van der Waals surface area contributed by atoms with E-state index < -0.39 is 29.5 Å². The number of hydrogen-bond donors (Lipinski definition) is 1. The van der Waals surface area contributed by atoms with Crippen LogP contribution in [-0.4, -0.2) is 48.5 Å². The lowest BCUT2D eigenvalue weighted by Crippen LogP contribution is -2.43. The summed E-state index contributed by atoms with van der Waals surface area (Å²) < 4.78 is 12.0. The molecule has 0 unspecified atom stereocenters. The number of amides is 2. The molecule has 30 heavy (non-hydrogen) atoms. The third kappa shape index (κ3) is 4.62. The Bertz CT molecular complexity index is 1110. The fraction of sp³-hybridized carbons (Fsp3) is 0.368. The first-order valence-electron chi connectivity index (χ1n) is 9.20. The van der Waals surface area contributed by atoms with Gasteiger partial charge in [-0.2, -0.15) is 4.90 Å². The van der Waals surface area contributed by atoms with Crippen LogP contribution in [0.5, 0.6) is 0 Å². The minimum Gasteiger partial charge on any atom is -0.446 e. The Balaban J connectivity index is 2.16. The average Bonchev–Trinajstić information content (AvgIpc) is 3.05. The zero-order valence-electron chi connectivity index (χ0n) is 17.2. The topological polar surface area (TPSA) is 132 Å². The number of hydrogen-bond acceptors (Lipinski definition) is 8. The first-order chi connectivity index (χ1) is 14.0. The molecule has 0 aromatic carbocycles. The standard InChI is InChI=1S/C19H22N6O5/c1-11(2)29-17(27)25(18(28)30-19(3,4)5)16-14(22-13(26)10-20-16)15-21-12-8-6-7-9-24(12)23-15/h6-11H,1-5H3,(H,22,26). The molecule has 3 aromatic heterocycles. The number of fused-ring (bicyclic) bond motifs is 1. The number of rotatable bonds is 3. The van der Waals surface area contributed by atoms with Crippen molar-refractivity contribution >= 4 is 23.7 Å². The van der Waals surface area contributed by atoms with Crippen molar-refractivity contribution in [3.8, 4) is 11.5 Å². The zero-order chi connectivity index (χ0) is 22.1. The molecule has 0 aliphatic carbocycles. The van der Waals surface area contributed by atoms with Gasteiger partial charge in [-0.3, -0.25) is 4.79 Å². The number of nitrogens with one attached hydrogen (secondary N) is 1. The van der Waals surface area contributed by atoms with Crippen molar-refractivity contribution in [2.75, 3.05) is 4.90 Å². The number of nitrogens with zero attached hydrogens (tertiary/aromatic N) is 5. The van der Waals surface area contributed by atoms with E-state index in [4.69, 9.17) is 9.47 Å². The minimum atomic E-state index is -1.02. The Morgan fingerprint density at radius 2 is 1.93 bits per heavy atom. The Labute approximate surface area is 171 Å². The normalized spacial score (nSPS) is 11.5. The van der Waals surface area contributed by atoms with Crippen LogP contribution in [0.1, 0.15) is 34.6 Å². The van der Waals surface area contributed by atoms with Crippen molar-refractivity contribution in [3.63, 3.8) is 0 Å². The van der Waals surface area contributed by atoms with Gasteiger partial charge < -0.3 is 14.5 Å². The molecular weight excluding hydrogens is 392 g/mol. The van der Waals surface area contributed by atoms with E-state index in [1.54, 1.807) is 59.0 Å². The molecule has 11 nitrogen and oxygen atoms in total. The highest BCUT2D eigenvalue weighted by atomic mass is 16.6. The molecule has 2 amide bonds. The van der Waals surface area contributed by atoms with Crippen molar-refractivity contribution in [2.24, 2.45) is 0 Å². The Morgan fingerprint density at radius 3 is 2.57 bits per heavy atom. The maximum atomic E-state index is 12.8. The zero-order valence-corrected chi connectivity index (χ0v) is 17.2. The van der Waals surface area contributed by atoms with Crippen LogP contribution >= 0.6 is 0 Å². The van der Waals surface area contributed by atoms with E-state index in [-0.39, 0.29) is 17.3 Å². The van der Waals surface area contributed by atoms with E-state index in [1.165, 1.54) is 4.52 Å². The molecular formula is C19H22N6O5. The lowest BCUT2D eigenvalue weighted by molar-refractivity contribution is 0.0552. The Morgan fingerprint density at radius 1 is 1.20 bits per heavy atom. The van der Waals surface area contributed by atoms with Gasteiger partial charge in [0.15, 0.2) is 11.5 Å². The minimum absolute atomic E-state index is 0.0298. The lowest BCUT2D eigenvalue weighted by Gasteiger charge is -2.26. The second kappa shape index (κ2) is 7.93. The molecule has 1 N–H and O–H groups in total. The van der Waals surface area contributed by atoms with E-state index in [1.807, 2.05) is 0 Å². The maximum Gasteiger partial charge on any atom is 0.425 e. The second-order valence-corrected chi connectivity index (χ2v) is 7.63. The Kier molecular flexibility index (Phi) is 5.54. The molecule has 3 heterocycles. The fourth-order valence-electron chi connectivity index (χ4n) is 2.47. The number of H-pyrrole nitrogens is 1. The first-order valence-corrected chi connectivity index (χ1v) is 9.20. The van der Waals surface area contributed by atoms with E-state index in [0.717, 1.165) is 6.20 Å². The van der Waals surface area contributed by atoms with Crippen LogP contribution in [0, 0.1) is 0 Å². The number of carbonyl (C=O) groups is 2. The van der Waals surface area contributed by atoms with Crippen molar-refractivity contribution in [3.05, 3.63) is 40.9 Å². The lowest BCUT2D eigenvalue weighted by atomic mass is 10.2. The summed E-state index contributed by atoms with van der Waals surface area (Å²) >= 11 is 0. The maximum absolute atomic E-state index is 12.8. The number of anilines is 1. The quantitative estimate of drug-likeness (QED) is 0.692. The summed E-state index contributed by atoms with van der Waals surface area (Å²) in [5, 5.41) is 4.29. The molecule has 0 bridgehead atoms. The smallest absolute Gasteiger partial charge is 0.425 e. The van der Waals surface area contributed by atoms with Crippen LogP contribution in [0.3, 0.4) is 0 Å². The highest BCUT2D eigenvalue weighted by Crippen LogP contribution is 2.26. The number of carbonyl (C=O) groups excluding carboxylic acids is 2. The van der Waals surface area contributed by atoms with E-state index in [9.17, 15) is 14.4 Å². The molecule has 0 aliphatic heterocycles. The number of aromatic nitrogens is 5. The first kappa shape index (κ1) is 21.0. The molecule has 0 atom stereocenters. The molecule has 0 aliphatic rings. The van der Waals surface area contributed by atoms with Crippen LogP contribution in [0.25, 0.3) is 17.2 Å². The van der Waals surface area contributed by atoms with Gasteiger partial charge in [0, 0.05) is 6.20 Å². The van der Waals surface area contributed by atoms with Crippen LogP contribution in [0.4, 0.5) is 15.4 Å². The van der Waals surface area contributed by atoms with Crippen LogP contribution in [0.15, 0.2) is 35.4 Å². The SMILES string of the molecule is CC(C)OC(=O)N(C(=O)OC(C)(C)C)c1ncc(=O)[nH]c1-c1nc2ccccn2n1. The van der Waals surface area contributed by atoms with Gasteiger partial charge in [-0.05, 0) is 46.8 Å². The summed E-state index contributed by atoms with van der Waals surface area (Å²) in [6, 6.07) is 5.24. The number of aromatic amines is 1. The van der Waals surface area contributed by atoms with E-state index in [0.29, 0.717) is 10.5 Å². The summed E-state index contributed by atoms with van der Waals surface area (Å²) in [5.41, 5.74) is -0.986. The molecule has 3 rings (SSSR count). The van der Waals surface area contributed by atoms with Gasteiger partial charge in [0.05, 0.1) is 12.3 Å². The summed E-state index contributed by atoms with van der Waals surface area (Å²) in [7, 11) is 0. The molecule has 3 aromatic rings. The average molecular weight is 414 g/mol. The molecule has 0 spiro atoms. The number of ether oxygens (including phenoxy) is 2. The van der Waals surface area contributed by atoms with Crippen LogP contribution < -0.4 is 10.5 Å². The molecule has 11 heteroatoms. The predicted molar refractivity (Wildman–Crippen MR) is 107 cm³/mol. The van der Waals surface area contributed by atoms with Crippen molar-refractivity contribution in [1.82, 2.24) is 24.6 Å². The fourth-order valence-corrected chi connectivity index (χ4v) is 2.47. The summed E-state index contributed by atoms with van der Waals surface area (Å²) in [6.45, 7) is 8.23. The second-order valence-electron chi connectivity index (χ2n) is 7.63. The van der Waals surface area contributed by atoms with Crippen LogP contribution in [0.2, 0.25) is 0 Å². The van der Waals surface area contributed by atoms with Crippen molar-refractivity contribution < 1.29 is 19.1 Å². The van der Waals surface area contributed by atoms with Gasteiger partial charge in [-0.25, -0.2) is 24.1 Å². The third-order valence-electron chi connectivity index (χ3n) is 3.55. The van der Waals surface area contributed by atoms with E-state index in [2.05, 4.69) is 20.1 Å². The third-order valence-corrected chi connectivity index (χ3v) is 3.55. The van der Waals surface area contributed by atoms with Crippen molar-refractivity contribution in [2.45, 2.75) is 46.3 Å². The molecule has 0 radical (unpaired) electrons. The molecule has 0 saturated carbocycles. The highest BCUT2D eigenvalue weighted by molar-refractivity contribution is 6.10. The van der Waals surface area contributed by atoms with E-state index >= 15 is 0 Å². The molecule has 158 valence electrons.